The van der Waals surface area contributed by atoms with Crippen LogP contribution in [0.25, 0.3) is 22.2 Å². The van der Waals surface area contributed by atoms with Gasteiger partial charge in [-0.15, -0.1) is 0 Å². The highest BCUT2D eigenvalue weighted by Crippen LogP contribution is 2.47. The molecule has 0 aliphatic carbocycles. The number of pyridine rings is 1. The average Bonchev–Trinajstić information content (AvgIpc) is 3.48. The summed E-state index contributed by atoms with van der Waals surface area (Å²) in [6, 6.07) is 12.1. The van der Waals surface area contributed by atoms with Crippen molar-refractivity contribution in [1.82, 2.24) is 14.9 Å². The van der Waals surface area contributed by atoms with E-state index in [-0.39, 0.29) is 34.9 Å². The number of amides is 2. The Hall–Kier alpha value is -4.65. The number of hydrogen-bond donors (Lipinski definition) is 3. The fourth-order valence-corrected chi connectivity index (χ4v) is 4.89. The number of rotatable bonds is 7. The smallest absolute Gasteiger partial charge is 0.424 e. The van der Waals surface area contributed by atoms with Crippen LogP contribution >= 0.6 is 0 Å². The zero-order valence-corrected chi connectivity index (χ0v) is 22.7. The van der Waals surface area contributed by atoms with Crippen LogP contribution in [0.5, 0.6) is 11.5 Å². The molecule has 2 aromatic heterocycles. The first kappa shape index (κ1) is 28.9. The average molecular weight is 587 g/mol. The number of nitrogens with two attached hydrogens (primary N) is 1. The van der Waals surface area contributed by atoms with Crippen molar-refractivity contribution in [3.8, 4) is 22.8 Å². The molecule has 0 fully saturated rings. The van der Waals surface area contributed by atoms with Crippen LogP contribution in [0.15, 0.2) is 54.6 Å². The Balaban J connectivity index is 1.58. The van der Waals surface area contributed by atoms with Crippen LogP contribution < -0.4 is 20.5 Å². The fourth-order valence-electron chi connectivity index (χ4n) is 4.89. The van der Waals surface area contributed by atoms with Crippen LogP contribution in [0.4, 0.5) is 17.6 Å². The minimum Gasteiger partial charge on any atom is -0.497 e. The fraction of sp³-hybridized carbons (Fsp3) is 0.276. The SMILES string of the molecule is COc1ccc2cc(C(=O)NC[C@](O)(c3cc4c(c(-c5ccc(F)cc5)n3)OC[C@]4(C)C(N)=O)C(F)(F)F)n(C)c2c1. The van der Waals surface area contributed by atoms with Crippen molar-refractivity contribution < 1.29 is 41.7 Å². The molecule has 1 aliphatic rings. The molecule has 4 N–H and O–H groups in total. The maximum absolute atomic E-state index is 14.6. The Morgan fingerprint density at radius 2 is 1.86 bits per heavy atom. The third-order valence-electron chi connectivity index (χ3n) is 7.62. The molecule has 2 atom stereocenters. The molecule has 1 aliphatic heterocycles. The molecule has 0 saturated heterocycles. The minimum atomic E-state index is -5.34. The molecule has 0 bridgehead atoms. The van der Waals surface area contributed by atoms with E-state index in [0.29, 0.717) is 16.7 Å². The predicted molar refractivity (Wildman–Crippen MR) is 143 cm³/mol. The molecule has 13 heteroatoms. The van der Waals surface area contributed by atoms with Gasteiger partial charge in [0.2, 0.25) is 11.5 Å². The lowest BCUT2D eigenvalue weighted by Crippen LogP contribution is -2.52. The molecule has 9 nitrogen and oxygen atoms in total. The van der Waals surface area contributed by atoms with Gasteiger partial charge in [-0.1, -0.05) is 0 Å². The van der Waals surface area contributed by atoms with Crippen LogP contribution in [0, 0.1) is 5.82 Å². The molecule has 42 heavy (non-hydrogen) atoms. The van der Waals surface area contributed by atoms with Gasteiger partial charge in [0.25, 0.3) is 5.91 Å². The molecule has 0 radical (unpaired) electrons. The number of ether oxygens (including phenoxy) is 2. The van der Waals surface area contributed by atoms with E-state index in [1.54, 1.807) is 25.2 Å². The molecule has 220 valence electrons. The number of aliphatic hydroxyl groups is 1. The zero-order chi connectivity index (χ0) is 30.6. The summed E-state index contributed by atoms with van der Waals surface area (Å²) in [6.07, 6.45) is -5.34. The number of fused-ring (bicyclic) bond motifs is 2. The van der Waals surface area contributed by atoms with Crippen LogP contribution in [-0.2, 0) is 22.9 Å². The van der Waals surface area contributed by atoms with Gasteiger partial charge in [0.1, 0.15) is 40.7 Å². The number of nitrogens with zero attached hydrogens (tertiary/aromatic N) is 2. The van der Waals surface area contributed by atoms with Crippen LogP contribution in [-0.4, -0.2) is 52.9 Å². The minimum absolute atomic E-state index is 0.0221. The second kappa shape index (κ2) is 10.0. The maximum Gasteiger partial charge on any atom is 0.424 e. The Morgan fingerprint density at radius 1 is 1.17 bits per heavy atom. The van der Waals surface area contributed by atoms with Crippen molar-refractivity contribution in [2.24, 2.45) is 12.8 Å². The number of aryl methyl sites for hydroxylation is 1. The number of alkyl halides is 3. The number of aromatic nitrogens is 2. The Bertz CT molecular complexity index is 1720. The van der Waals surface area contributed by atoms with Gasteiger partial charge in [-0.2, -0.15) is 13.2 Å². The molecule has 0 saturated carbocycles. The van der Waals surface area contributed by atoms with Crippen LogP contribution in [0.1, 0.15) is 28.7 Å². The van der Waals surface area contributed by atoms with Gasteiger partial charge in [0.15, 0.2) is 0 Å². The number of nitrogens with one attached hydrogen (secondary N) is 1. The third-order valence-corrected chi connectivity index (χ3v) is 7.62. The molecular weight excluding hydrogens is 560 g/mol. The monoisotopic (exact) mass is 586 g/mol. The highest BCUT2D eigenvalue weighted by Gasteiger charge is 2.57. The van der Waals surface area contributed by atoms with E-state index >= 15 is 0 Å². The van der Waals surface area contributed by atoms with Crippen molar-refractivity contribution in [2.75, 3.05) is 20.3 Å². The summed E-state index contributed by atoms with van der Waals surface area (Å²) in [7, 11) is 3.04. The molecular formula is C29H26F4N4O5. The highest BCUT2D eigenvalue weighted by atomic mass is 19.4. The molecule has 2 amide bonds. The molecule has 4 aromatic rings. The van der Waals surface area contributed by atoms with Crippen molar-refractivity contribution >= 4 is 22.7 Å². The summed E-state index contributed by atoms with van der Waals surface area (Å²) in [5.74, 6) is -1.86. The van der Waals surface area contributed by atoms with Crippen LogP contribution in [0.3, 0.4) is 0 Å². The van der Waals surface area contributed by atoms with E-state index in [4.69, 9.17) is 15.2 Å². The largest absolute Gasteiger partial charge is 0.497 e. The Morgan fingerprint density at radius 3 is 2.48 bits per heavy atom. The normalized spacial score (nSPS) is 17.8. The van der Waals surface area contributed by atoms with Crippen LogP contribution in [0.2, 0.25) is 0 Å². The second-order valence-electron chi connectivity index (χ2n) is 10.3. The number of methoxy groups -OCH3 is 1. The van der Waals surface area contributed by atoms with E-state index in [1.165, 1.54) is 36.8 Å². The predicted octanol–water partition coefficient (Wildman–Crippen LogP) is 3.70. The number of carbonyl (C=O) groups is 2. The van der Waals surface area contributed by atoms with Gasteiger partial charge in [-0.3, -0.25) is 9.59 Å². The summed E-state index contributed by atoms with van der Waals surface area (Å²) in [6.45, 7) is -0.212. The van der Waals surface area contributed by atoms with Gasteiger partial charge in [0, 0.05) is 29.6 Å². The third kappa shape index (κ3) is 4.59. The molecule has 3 heterocycles. The van der Waals surface area contributed by atoms with Gasteiger partial charge in [0.05, 0.1) is 24.9 Å². The summed E-state index contributed by atoms with van der Waals surface area (Å²) < 4.78 is 69.9. The topological polar surface area (TPSA) is 129 Å². The summed E-state index contributed by atoms with van der Waals surface area (Å²) in [5.41, 5.74) is 0.0230. The second-order valence-corrected chi connectivity index (χ2v) is 10.3. The van der Waals surface area contributed by atoms with E-state index in [9.17, 15) is 32.3 Å². The summed E-state index contributed by atoms with van der Waals surface area (Å²) in [5, 5.41) is 14.0. The number of halogens is 4. The van der Waals surface area contributed by atoms with Gasteiger partial charge in [-0.25, -0.2) is 9.37 Å². The first-order valence-electron chi connectivity index (χ1n) is 12.6. The van der Waals surface area contributed by atoms with Crippen molar-refractivity contribution in [1.29, 1.82) is 0 Å². The molecule has 0 spiro atoms. The first-order chi connectivity index (χ1) is 19.7. The lowest BCUT2D eigenvalue weighted by molar-refractivity contribution is -0.265. The molecule has 0 unspecified atom stereocenters. The zero-order valence-electron chi connectivity index (χ0n) is 22.7. The maximum atomic E-state index is 14.6. The van der Waals surface area contributed by atoms with E-state index in [2.05, 4.69) is 10.3 Å². The van der Waals surface area contributed by atoms with Crippen molar-refractivity contribution in [2.45, 2.75) is 24.1 Å². The van der Waals surface area contributed by atoms with E-state index < -0.39 is 47.1 Å². The molecule has 5 rings (SSSR count). The highest BCUT2D eigenvalue weighted by molar-refractivity contribution is 5.99. The Labute approximate surface area is 236 Å². The summed E-state index contributed by atoms with van der Waals surface area (Å²) >= 11 is 0. The number of carbonyl (C=O) groups excluding carboxylic acids is 2. The first-order valence-corrected chi connectivity index (χ1v) is 12.6. The van der Waals surface area contributed by atoms with Gasteiger partial charge < -0.3 is 30.2 Å². The van der Waals surface area contributed by atoms with E-state index in [0.717, 1.165) is 18.2 Å². The molecule has 2 aromatic carbocycles. The summed E-state index contributed by atoms with van der Waals surface area (Å²) in [4.78, 5) is 29.6. The Kier molecular flexibility index (Phi) is 6.88. The quantitative estimate of drug-likeness (QED) is 0.284. The van der Waals surface area contributed by atoms with E-state index in [1.807, 2.05) is 0 Å². The van der Waals surface area contributed by atoms with Crippen molar-refractivity contribution in [3.63, 3.8) is 0 Å². The number of hydrogen-bond acceptors (Lipinski definition) is 6. The number of primary amides is 1. The van der Waals surface area contributed by atoms with Crippen molar-refractivity contribution in [3.05, 3.63) is 77.4 Å². The lowest BCUT2D eigenvalue weighted by atomic mass is 9.81. The lowest BCUT2D eigenvalue weighted by Gasteiger charge is -2.31. The number of benzene rings is 2. The van der Waals surface area contributed by atoms with Gasteiger partial charge >= 0.3 is 6.18 Å². The van der Waals surface area contributed by atoms with Gasteiger partial charge in [-0.05, 0) is 55.5 Å². The standard InChI is InChI=1S/C29H26F4N4O5/c1-27(26(34)39)14-42-24-19(27)12-22(36-23(24)15-4-7-17(30)8-5-15)28(40,29(31,32)33)13-35-25(38)21-10-16-6-9-18(41-3)11-20(16)37(21)2/h4-12,40H,13-14H2,1-3H3,(H2,34,39)(H,35,38)/t27-,28-/m0/s1.